The van der Waals surface area contributed by atoms with E-state index in [2.05, 4.69) is 0 Å². The summed E-state index contributed by atoms with van der Waals surface area (Å²) in [6.45, 7) is 4.19. The average Bonchev–Trinajstić information content (AvgIpc) is 2.45. The maximum atomic E-state index is 11.9. The van der Waals surface area contributed by atoms with E-state index in [0.29, 0.717) is 19.4 Å². The van der Waals surface area contributed by atoms with Crippen molar-refractivity contribution in [1.29, 1.82) is 0 Å². The summed E-state index contributed by atoms with van der Waals surface area (Å²) in [5.41, 5.74) is 1.17. The second kappa shape index (κ2) is 8.29. The van der Waals surface area contributed by atoms with Crippen molar-refractivity contribution in [2.75, 3.05) is 13.7 Å². The van der Waals surface area contributed by atoms with E-state index in [-0.39, 0.29) is 12.3 Å². The molecule has 1 aromatic rings. The van der Waals surface area contributed by atoms with Gasteiger partial charge in [-0.1, -0.05) is 24.6 Å². The van der Waals surface area contributed by atoms with E-state index in [0.717, 1.165) is 5.75 Å². The van der Waals surface area contributed by atoms with E-state index in [1.165, 1.54) is 17.5 Å². The summed E-state index contributed by atoms with van der Waals surface area (Å²) in [6, 6.07) is 6.96. The van der Waals surface area contributed by atoms with Gasteiger partial charge in [-0.2, -0.15) is 0 Å². The highest BCUT2D eigenvalue weighted by Gasteiger charge is 2.23. The molecular weight excluding hydrogens is 270 g/mol. The van der Waals surface area contributed by atoms with Crippen LogP contribution >= 0.6 is 0 Å². The number of amides is 1. The molecule has 1 atom stereocenters. The molecule has 0 saturated heterocycles. The number of hydrogen-bond donors (Lipinski definition) is 1. The second-order valence-corrected chi connectivity index (χ2v) is 5.03. The lowest BCUT2D eigenvalue weighted by molar-refractivity contribution is -0.149. The number of likely N-dealkylation sites (N-methyl/N-ethyl adjacent to an activating group) is 1. The maximum absolute atomic E-state index is 11.9. The zero-order valence-corrected chi connectivity index (χ0v) is 12.8. The van der Waals surface area contributed by atoms with Crippen LogP contribution in [0.25, 0.3) is 0 Å². The molecule has 0 bridgehead atoms. The number of carbonyl (C=O) groups is 2. The SMILES string of the molecule is CCC(C(=O)O)N(C)C(=O)CCCOc1ccc(C)cc1. The van der Waals surface area contributed by atoms with Crippen molar-refractivity contribution < 1.29 is 19.4 Å². The third-order valence-corrected chi connectivity index (χ3v) is 3.36. The van der Waals surface area contributed by atoms with Gasteiger partial charge in [0.1, 0.15) is 11.8 Å². The minimum Gasteiger partial charge on any atom is -0.494 e. The van der Waals surface area contributed by atoms with Crippen LogP contribution in [0.1, 0.15) is 31.7 Å². The van der Waals surface area contributed by atoms with Gasteiger partial charge in [-0.25, -0.2) is 4.79 Å². The first kappa shape index (κ1) is 17.0. The Kier molecular flexibility index (Phi) is 6.72. The summed E-state index contributed by atoms with van der Waals surface area (Å²) in [5, 5.41) is 9.02. The molecule has 0 radical (unpaired) electrons. The summed E-state index contributed by atoms with van der Waals surface area (Å²) in [5.74, 6) is -0.362. The molecule has 1 aromatic carbocycles. The zero-order valence-electron chi connectivity index (χ0n) is 12.8. The molecule has 0 spiro atoms. The number of ether oxygens (including phenoxy) is 1. The molecule has 0 aliphatic heterocycles. The van der Waals surface area contributed by atoms with Crippen LogP contribution in [0.3, 0.4) is 0 Å². The number of hydrogen-bond acceptors (Lipinski definition) is 3. The van der Waals surface area contributed by atoms with E-state index >= 15 is 0 Å². The van der Waals surface area contributed by atoms with Crippen molar-refractivity contribution in [2.24, 2.45) is 0 Å². The Bertz CT molecular complexity index is 470. The number of carboxylic acids is 1. The molecular formula is C16H23NO4. The molecule has 1 amide bonds. The molecule has 5 nitrogen and oxygen atoms in total. The maximum Gasteiger partial charge on any atom is 0.326 e. The topological polar surface area (TPSA) is 66.8 Å². The summed E-state index contributed by atoms with van der Waals surface area (Å²) < 4.78 is 5.54. The zero-order chi connectivity index (χ0) is 15.8. The minimum atomic E-state index is -0.968. The van der Waals surface area contributed by atoms with Gasteiger partial charge in [-0.05, 0) is 31.9 Å². The van der Waals surface area contributed by atoms with Crippen LogP contribution in [-0.4, -0.2) is 41.6 Å². The molecule has 0 aliphatic rings. The van der Waals surface area contributed by atoms with Crippen molar-refractivity contribution in [3.05, 3.63) is 29.8 Å². The Balaban J connectivity index is 2.33. The molecule has 21 heavy (non-hydrogen) atoms. The van der Waals surface area contributed by atoms with Crippen LogP contribution in [0.15, 0.2) is 24.3 Å². The summed E-state index contributed by atoms with van der Waals surface area (Å²) >= 11 is 0. The average molecular weight is 293 g/mol. The lowest BCUT2D eigenvalue weighted by Crippen LogP contribution is -2.41. The quantitative estimate of drug-likeness (QED) is 0.748. The fourth-order valence-electron chi connectivity index (χ4n) is 2.01. The van der Waals surface area contributed by atoms with E-state index in [9.17, 15) is 9.59 Å². The first-order chi connectivity index (χ1) is 9.95. The van der Waals surface area contributed by atoms with Gasteiger partial charge in [-0.15, -0.1) is 0 Å². The number of benzene rings is 1. The van der Waals surface area contributed by atoms with Crippen molar-refractivity contribution >= 4 is 11.9 Å². The van der Waals surface area contributed by atoms with Crippen LogP contribution < -0.4 is 4.74 Å². The molecule has 1 N–H and O–H groups in total. The molecule has 1 rings (SSSR count). The number of nitrogens with zero attached hydrogens (tertiary/aromatic N) is 1. The molecule has 0 aromatic heterocycles. The normalized spacial score (nSPS) is 11.8. The molecule has 0 aliphatic carbocycles. The van der Waals surface area contributed by atoms with Gasteiger partial charge in [-0.3, -0.25) is 4.79 Å². The lowest BCUT2D eigenvalue weighted by atomic mass is 10.2. The monoisotopic (exact) mass is 293 g/mol. The number of rotatable bonds is 8. The highest BCUT2D eigenvalue weighted by Crippen LogP contribution is 2.12. The van der Waals surface area contributed by atoms with Gasteiger partial charge in [0.25, 0.3) is 0 Å². The van der Waals surface area contributed by atoms with Gasteiger partial charge in [0.15, 0.2) is 0 Å². The van der Waals surface area contributed by atoms with E-state index < -0.39 is 12.0 Å². The van der Waals surface area contributed by atoms with Gasteiger partial charge < -0.3 is 14.7 Å². The Morgan fingerprint density at radius 2 is 1.90 bits per heavy atom. The Labute approximate surface area is 125 Å². The summed E-state index contributed by atoms with van der Waals surface area (Å²) in [4.78, 5) is 24.2. The number of aliphatic carboxylic acids is 1. The van der Waals surface area contributed by atoms with E-state index in [1.807, 2.05) is 31.2 Å². The minimum absolute atomic E-state index is 0.170. The Morgan fingerprint density at radius 3 is 2.43 bits per heavy atom. The smallest absolute Gasteiger partial charge is 0.326 e. The number of carboxylic acid groups (broad SMARTS) is 1. The standard InChI is InChI=1S/C16H23NO4/c1-4-14(16(19)20)17(3)15(18)6-5-11-21-13-9-7-12(2)8-10-13/h7-10,14H,4-6,11H2,1-3H3,(H,19,20). The molecule has 5 heteroatoms. The van der Waals surface area contributed by atoms with Crippen LogP contribution in [0, 0.1) is 6.92 Å². The highest BCUT2D eigenvalue weighted by molar-refractivity contribution is 5.83. The highest BCUT2D eigenvalue weighted by atomic mass is 16.5. The first-order valence-electron chi connectivity index (χ1n) is 7.13. The predicted molar refractivity (Wildman–Crippen MR) is 80.4 cm³/mol. The van der Waals surface area contributed by atoms with Gasteiger partial charge in [0, 0.05) is 13.5 Å². The summed E-state index contributed by atoms with van der Waals surface area (Å²) in [6.07, 6.45) is 1.25. The number of carbonyl (C=O) groups excluding carboxylic acids is 1. The molecule has 0 saturated carbocycles. The van der Waals surface area contributed by atoms with E-state index in [4.69, 9.17) is 9.84 Å². The first-order valence-corrected chi connectivity index (χ1v) is 7.13. The van der Waals surface area contributed by atoms with Crippen molar-refractivity contribution in [2.45, 2.75) is 39.2 Å². The van der Waals surface area contributed by atoms with Crippen molar-refractivity contribution in [3.8, 4) is 5.75 Å². The molecule has 0 fully saturated rings. The fraction of sp³-hybridized carbons (Fsp3) is 0.500. The largest absolute Gasteiger partial charge is 0.494 e. The molecule has 0 heterocycles. The second-order valence-electron chi connectivity index (χ2n) is 5.03. The van der Waals surface area contributed by atoms with Gasteiger partial charge in [0.05, 0.1) is 6.61 Å². The van der Waals surface area contributed by atoms with Crippen LogP contribution in [0.2, 0.25) is 0 Å². The predicted octanol–water partition coefficient (Wildman–Crippen LogP) is 2.48. The van der Waals surface area contributed by atoms with Crippen LogP contribution in [0.5, 0.6) is 5.75 Å². The third kappa shape index (κ3) is 5.45. The van der Waals surface area contributed by atoms with Gasteiger partial charge >= 0.3 is 5.97 Å². The van der Waals surface area contributed by atoms with Crippen molar-refractivity contribution in [1.82, 2.24) is 4.90 Å². The molecule has 116 valence electrons. The van der Waals surface area contributed by atoms with Crippen LogP contribution in [-0.2, 0) is 9.59 Å². The molecule has 1 unspecified atom stereocenters. The van der Waals surface area contributed by atoms with Crippen LogP contribution in [0.4, 0.5) is 0 Å². The fourth-order valence-corrected chi connectivity index (χ4v) is 2.01. The Morgan fingerprint density at radius 1 is 1.29 bits per heavy atom. The van der Waals surface area contributed by atoms with Gasteiger partial charge in [0.2, 0.25) is 5.91 Å². The summed E-state index contributed by atoms with van der Waals surface area (Å²) in [7, 11) is 1.53. The third-order valence-electron chi connectivity index (χ3n) is 3.36. The van der Waals surface area contributed by atoms with E-state index in [1.54, 1.807) is 6.92 Å². The Hall–Kier alpha value is -2.04. The van der Waals surface area contributed by atoms with Crippen molar-refractivity contribution in [3.63, 3.8) is 0 Å². The number of aryl methyl sites for hydroxylation is 1. The lowest BCUT2D eigenvalue weighted by Gasteiger charge is -2.23.